The lowest BCUT2D eigenvalue weighted by Gasteiger charge is -2.27. The van der Waals surface area contributed by atoms with E-state index in [2.05, 4.69) is 18.7 Å². The van der Waals surface area contributed by atoms with Gasteiger partial charge in [0.15, 0.2) is 14.9 Å². The molecule has 0 aliphatic carbocycles. The molecule has 0 bridgehead atoms. The zero-order valence-electron chi connectivity index (χ0n) is 14.3. The van der Waals surface area contributed by atoms with Crippen molar-refractivity contribution in [2.45, 2.75) is 32.4 Å². The van der Waals surface area contributed by atoms with Crippen molar-refractivity contribution in [3.63, 3.8) is 0 Å². The average Bonchev–Trinajstić information content (AvgIpc) is 2.94. The maximum atomic E-state index is 12.2. The van der Waals surface area contributed by atoms with E-state index in [-0.39, 0.29) is 23.6 Å². The normalized spacial score (nSPS) is 25.4. The van der Waals surface area contributed by atoms with Crippen molar-refractivity contribution in [2.75, 3.05) is 30.1 Å². The molecule has 3 rings (SSSR count). The third-order valence-corrected chi connectivity index (χ3v) is 6.90. The molecular formula is C17H24N2O3S2. The molecule has 2 heterocycles. The number of benzene rings is 1. The predicted molar refractivity (Wildman–Crippen MR) is 100 cm³/mol. The Bertz CT molecular complexity index is 733. The van der Waals surface area contributed by atoms with Crippen LogP contribution in [0.2, 0.25) is 0 Å². The molecule has 2 aliphatic heterocycles. The van der Waals surface area contributed by atoms with Gasteiger partial charge in [-0.3, -0.25) is 0 Å². The van der Waals surface area contributed by atoms with Crippen molar-refractivity contribution in [3.8, 4) is 5.75 Å². The van der Waals surface area contributed by atoms with E-state index >= 15 is 0 Å². The molecule has 0 saturated carbocycles. The van der Waals surface area contributed by atoms with Crippen molar-refractivity contribution < 1.29 is 13.2 Å². The van der Waals surface area contributed by atoms with Gasteiger partial charge in [-0.05, 0) is 36.7 Å². The Hall–Kier alpha value is -1.34. The highest BCUT2D eigenvalue weighted by Gasteiger charge is 2.52. The van der Waals surface area contributed by atoms with Gasteiger partial charge < -0.3 is 14.5 Å². The smallest absolute Gasteiger partial charge is 0.176 e. The zero-order chi connectivity index (χ0) is 17.5. The summed E-state index contributed by atoms with van der Waals surface area (Å²) in [6.07, 6.45) is 0.989. The molecule has 2 atom stereocenters. The molecule has 2 fully saturated rings. The number of fused-ring (bicyclic) bond motifs is 1. The Morgan fingerprint density at radius 2 is 1.92 bits per heavy atom. The van der Waals surface area contributed by atoms with Crippen molar-refractivity contribution in [2.24, 2.45) is 5.92 Å². The van der Waals surface area contributed by atoms with Crippen LogP contribution in [0.25, 0.3) is 0 Å². The number of nitrogens with zero attached hydrogens (tertiary/aromatic N) is 2. The molecule has 0 aromatic heterocycles. The Morgan fingerprint density at radius 3 is 2.58 bits per heavy atom. The van der Waals surface area contributed by atoms with Gasteiger partial charge in [-0.1, -0.05) is 26.0 Å². The highest BCUT2D eigenvalue weighted by Crippen LogP contribution is 2.39. The fourth-order valence-electron chi connectivity index (χ4n) is 3.55. The maximum Gasteiger partial charge on any atom is 0.176 e. The number of methoxy groups -OCH3 is 1. The molecular weight excluding hydrogens is 344 g/mol. The number of sulfone groups is 1. The molecule has 24 heavy (non-hydrogen) atoms. The summed E-state index contributed by atoms with van der Waals surface area (Å²) >= 11 is 5.73. The number of para-hydroxylation sites is 2. The van der Waals surface area contributed by atoms with Crippen LogP contribution in [0.15, 0.2) is 24.3 Å². The van der Waals surface area contributed by atoms with Gasteiger partial charge in [0.25, 0.3) is 0 Å². The summed E-state index contributed by atoms with van der Waals surface area (Å²) < 4.78 is 29.9. The molecule has 0 spiro atoms. The number of thiocarbonyl (C=S) groups is 1. The molecule has 132 valence electrons. The number of rotatable bonds is 5. The average molecular weight is 369 g/mol. The lowest BCUT2D eigenvalue weighted by molar-refractivity contribution is 0.333. The number of hydrogen-bond acceptors (Lipinski definition) is 4. The second-order valence-corrected chi connectivity index (χ2v) is 9.43. The number of hydrogen-bond donors (Lipinski definition) is 0. The summed E-state index contributed by atoms with van der Waals surface area (Å²) in [6, 6.07) is 7.46. The molecule has 2 saturated heterocycles. The fraction of sp³-hybridized carbons (Fsp3) is 0.588. The van der Waals surface area contributed by atoms with Crippen LogP contribution >= 0.6 is 12.2 Å². The van der Waals surface area contributed by atoms with Crippen LogP contribution in [-0.2, 0) is 9.84 Å². The summed E-state index contributed by atoms with van der Waals surface area (Å²) in [7, 11) is -1.42. The van der Waals surface area contributed by atoms with Crippen LogP contribution in [0.3, 0.4) is 0 Å². The largest absolute Gasteiger partial charge is 0.495 e. The standard InChI is InChI=1S/C17H24N2O3S2/c1-12(2)8-9-18-14-10-24(20,21)11-15(14)19(17(18)23)13-6-4-5-7-16(13)22-3/h4-7,12,14-15H,8-11H2,1-3H3/t14-,15-/m1/s1. The molecule has 7 heteroatoms. The fourth-order valence-corrected chi connectivity index (χ4v) is 5.96. The minimum Gasteiger partial charge on any atom is -0.495 e. The van der Waals surface area contributed by atoms with Crippen LogP contribution in [0.1, 0.15) is 20.3 Å². The minimum atomic E-state index is -3.04. The second kappa shape index (κ2) is 6.52. The summed E-state index contributed by atoms with van der Waals surface area (Å²) in [5.74, 6) is 1.59. The van der Waals surface area contributed by atoms with Gasteiger partial charge in [0.2, 0.25) is 0 Å². The molecule has 0 unspecified atom stereocenters. The van der Waals surface area contributed by atoms with E-state index in [1.165, 1.54) is 0 Å². The Morgan fingerprint density at radius 1 is 1.25 bits per heavy atom. The Labute approximate surface area is 149 Å². The first kappa shape index (κ1) is 17.5. The van der Waals surface area contributed by atoms with Gasteiger partial charge in [-0.2, -0.15) is 0 Å². The van der Waals surface area contributed by atoms with E-state index in [1.54, 1.807) is 7.11 Å². The third kappa shape index (κ3) is 3.11. The first-order valence-corrected chi connectivity index (χ1v) is 10.5. The predicted octanol–water partition coefficient (Wildman–Crippen LogP) is 2.31. The summed E-state index contributed by atoms with van der Waals surface area (Å²) in [6.45, 7) is 5.12. The molecule has 1 aromatic carbocycles. The van der Waals surface area contributed by atoms with Crippen LogP contribution < -0.4 is 9.64 Å². The van der Waals surface area contributed by atoms with Crippen LogP contribution in [0, 0.1) is 5.92 Å². The lowest BCUT2D eigenvalue weighted by Crippen LogP contribution is -2.38. The SMILES string of the molecule is COc1ccccc1N1C(=S)N(CCC(C)C)[C@@H]2CS(=O)(=O)C[C@H]21. The van der Waals surface area contributed by atoms with Crippen LogP contribution in [-0.4, -0.2) is 55.7 Å². The van der Waals surface area contributed by atoms with Crippen molar-refractivity contribution in [1.29, 1.82) is 0 Å². The molecule has 0 N–H and O–H groups in total. The highest BCUT2D eigenvalue weighted by atomic mass is 32.2. The molecule has 1 aromatic rings. The monoisotopic (exact) mass is 368 g/mol. The van der Waals surface area contributed by atoms with Crippen molar-refractivity contribution in [1.82, 2.24) is 4.90 Å². The first-order chi connectivity index (χ1) is 11.3. The zero-order valence-corrected chi connectivity index (χ0v) is 15.9. The van der Waals surface area contributed by atoms with Gasteiger partial charge in [0.1, 0.15) is 5.75 Å². The minimum absolute atomic E-state index is 0.0637. The summed E-state index contributed by atoms with van der Waals surface area (Å²) in [5, 5.41) is 0.713. The van der Waals surface area contributed by atoms with Crippen LogP contribution in [0.4, 0.5) is 5.69 Å². The van der Waals surface area contributed by atoms with Gasteiger partial charge in [-0.25, -0.2) is 8.42 Å². The maximum absolute atomic E-state index is 12.2. The quantitative estimate of drug-likeness (QED) is 0.744. The molecule has 0 amide bonds. The summed E-state index contributed by atoms with van der Waals surface area (Å²) in [5.41, 5.74) is 0.851. The molecule has 0 radical (unpaired) electrons. The van der Waals surface area contributed by atoms with Gasteiger partial charge in [0.05, 0.1) is 36.4 Å². The van der Waals surface area contributed by atoms with Gasteiger partial charge in [0, 0.05) is 6.54 Å². The van der Waals surface area contributed by atoms with E-state index in [9.17, 15) is 8.42 Å². The molecule has 5 nitrogen and oxygen atoms in total. The van der Waals surface area contributed by atoms with Crippen molar-refractivity contribution in [3.05, 3.63) is 24.3 Å². The third-order valence-electron chi connectivity index (χ3n) is 4.77. The second-order valence-electron chi connectivity index (χ2n) is 6.91. The molecule has 2 aliphatic rings. The number of anilines is 1. The van der Waals surface area contributed by atoms with E-state index in [4.69, 9.17) is 17.0 Å². The highest BCUT2D eigenvalue weighted by molar-refractivity contribution is 7.91. The van der Waals surface area contributed by atoms with E-state index < -0.39 is 9.84 Å². The van der Waals surface area contributed by atoms with E-state index in [0.29, 0.717) is 16.8 Å². The van der Waals surface area contributed by atoms with E-state index in [0.717, 1.165) is 18.7 Å². The topological polar surface area (TPSA) is 49.9 Å². The van der Waals surface area contributed by atoms with E-state index in [1.807, 2.05) is 29.2 Å². The Kier molecular flexibility index (Phi) is 4.75. The first-order valence-electron chi connectivity index (χ1n) is 8.27. The Balaban J connectivity index is 1.98. The van der Waals surface area contributed by atoms with Crippen molar-refractivity contribution >= 4 is 32.9 Å². The van der Waals surface area contributed by atoms with Gasteiger partial charge in [-0.15, -0.1) is 0 Å². The summed E-state index contributed by atoms with van der Waals surface area (Å²) in [4.78, 5) is 4.10. The van der Waals surface area contributed by atoms with Crippen LogP contribution in [0.5, 0.6) is 5.75 Å². The lowest BCUT2D eigenvalue weighted by atomic mass is 10.1. The number of ether oxygens (including phenoxy) is 1. The van der Waals surface area contributed by atoms with Gasteiger partial charge >= 0.3 is 0 Å².